The first-order valence-corrected chi connectivity index (χ1v) is 14.3. The summed E-state index contributed by atoms with van der Waals surface area (Å²) < 4.78 is 11.1. The summed E-state index contributed by atoms with van der Waals surface area (Å²) in [6.45, 7) is 7.30. The molecule has 6 atom stereocenters. The van der Waals surface area contributed by atoms with E-state index in [0.717, 1.165) is 5.57 Å². The molecule has 3 fully saturated rings. The normalized spacial score (nSPS) is 30.6. The van der Waals surface area contributed by atoms with Gasteiger partial charge < -0.3 is 14.6 Å². The SMILES string of the molecule is COc1cc(O)c(C2C3=CCC4C(=O)N(C(C)(C)C)C(=O)C4C3CC3C(=O)N(c4ccccc4)C(=O)C32C)c(OC)c1. The summed E-state index contributed by atoms with van der Waals surface area (Å²) in [6, 6.07) is 11.9. The van der Waals surface area contributed by atoms with Gasteiger partial charge in [0.15, 0.2) is 0 Å². The molecule has 2 aliphatic carbocycles. The predicted octanol–water partition coefficient (Wildman–Crippen LogP) is 4.44. The number of ether oxygens (including phenoxy) is 2. The maximum atomic E-state index is 14.5. The molecule has 2 saturated heterocycles. The van der Waals surface area contributed by atoms with Gasteiger partial charge in [-0.15, -0.1) is 0 Å². The number of carbonyl (C=O) groups excluding carboxylic acids is 4. The summed E-state index contributed by atoms with van der Waals surface area (Å²) in [5.74, 6) is -3.91. The molecule has 1 saturated carbocycles. The molecule has 0 aromatic heterocycles. The second-order valence-electron chi connectivity index (χ2n) is 12.9. The number of carbonyl (C=O) groups is 4. The van der Waals surface area contributed by atoms with E-state index in [1.54, 1.807) is 37.3 Å². The summed E-state index contributed by atoms with van der Waals surface area (Å²) in [5.41, 5.74) is -0.387. The van der Waals surface area contributed by atoms with Crippen molar-refractivity contribution >= 4 is 29.3 Å². The van der Waals surface area contributed by atoms with Crippen LogP contribution >= 0.6 is 0 Å². The highest BCUT2D eigenvalue weighted by molar-refractivity contribution is 6.24. The number of allylic oxidation sites excluding steroid dienone is 2. The zero-order chi connectivity index (χ0) is 30.3. The molecule has 9 heteroatoms. The molecule has 6 unspecified atom stereocenters. The van der Waals surface area contributed by atoms with Crippen LogP contribution in [-0.2, 0) is 19.2 Å². The van der Waals surface area contributed by atoms with E-state index in [-0.39, 0.29) is 35.8 Å². The van der Waals surface area contributed by atoms with Gasteiger partial charge in [-0.3, -0.25) is 24.1 Å². The Balaban J connectivity index is 1.58. The van der Waals surface area contributed by atoms with Gasteiger partial charge in [0.2, 0.25) is 23.6 Å². The largest absolute Gasteiger partial charge is 0.507 e. The van der Waals surface area contributed by atoms with Gasteiger partial charge in [-0.25, -0.2) is 4.90 Å². The third-order valence-corrected chi connectivity index (χ3v) is 9.80. The molecule has 2 aliphatic heterocycles. The molecular weight excluding hydrogens is 536 g/mol. The quantitative estimate of drug-likeness (QED) is 0.426. The van der Waals surface area contributed by atoms with Crippen molar-refractivity contribution in [2.45, 2.75) is 52.0 Å². The fourth-order valence-electron chi connectivity index (χ4n) is 7.97. The predicted molar refractivity (Wildman–Crippen MR) is 154 cm³/mol. The molecular formula is C33H36N2O7. The molecule has 2 aromatic carbocycles. The van der Waals surface area contributed by atoms with Crippen LogP contribution in [0.15, 0.2) is 54.1 Å². The first-order valence-electron chi connectivity index (χ1n) is 14.3. The Bertz CT molecular complexity index is 1540. The maximum absolute atomic E-state index is 14.5. The zero-order valence-electron chi connectivity index (χ0n) is 24.7. The minimum absolute atomic E-state index is 0.136. The van der Waals surface area contributed by atoms with E-state index < -0.39 is 40.5 Å². The maximum Gasteiger partial charge on any atom is 0.241 e. The summed E-state index contributed by atoms with van der Waals surface area (Å²) in [5, 5.41) is 11.5. The van der Waals surface area contributed by atoms with Crippen molar-refractivity contribution in [3.8, 4) is 17.2 Å². The average Bonchev–Trinajstić information content (AvgIpc) is 3.33. The van der Waals surface area contributed by atoms with Crippen molar-refractivity contribution in [2.75, 3.05) is 19.1 Å². The number of amides is 4. The van der Waals surface area contributed by atoms with Crippen molar-refractivity contribution < 1.29 is 33.8 Å². The number of methoxy groups -OCH3 is 2. The van der Waals surface area contributed by atoms with Crippen LogP contribution < -0.4 is 14.4 Å². The number of hydrogen-bond acceptors (Lipinski definition) is 7. The van der Waals surface area contributed by atoms with E-state index in [1.165, 1.54) is 30.1 Å². The molecule has 0 bridgehead atoms. The Morgan fingerprint density at radius 1 is 0.929 bits per heavy atom. The molecule has 4 amide bonds. The zero-order valence-corrected chi connectivity index (χ0v) is 24.7. The van der Waals surface area contributed by atoms with E-state index in [1.807, 2.05) is 32.9 Å². The Kier molecular flexibility index (Phi) is 6.29. The number of rotatable bonds is 4. The Labute approximate surface area is 245 Å². The summed E-state index contributed by atoms with van der Waals surface area (Å²) in [7, 11) is 2.95. The van der Waals surface area contributed by atoms with Gasteiger partial charge in [0.1, 0.15) is 17.2 Å². The molecule has 2 heterocycles. The van der Waals surface area contributed by atoms with Gasteiger partial charge in [0.25, 0.3) is 0 Å². The highest BCUT2D eigenvalue weighted by Crippen LogP contribution is 2.65. The second-order valence-corrected chi connectivity index (χ2v) is 12.9. The number of aromatic hydroxyl groups is 1. The average molecular weight is 573 g/mol. The second kappa shape index (κ2) is 9.44. The number of fused-ring (bicyclic) bond motifs is 4. The monoisotopic (exact) mass is 572 g/mol. The van der Waals surface area contributed by atoms with Crippen molar-refractivity contribution in [3.05, 3.63) is 59.7 Å². The standard InChI is InChI=1S/C33H36N2O7/c1-32(2,3)35-28(37)20-13-12-19-21(25(20)30(35)39)16-22-29(38)34(17-10-8-7-9-11-17)31(40)33(22,4)27(19)26-23(36)14-18(41-5)15-24(26)42-6/h7-12,14-15,20-22,25,27,36H,13,16H2,1-6H3. The molecule has 0 radical (unpaired) electrons. The van der Waals surface area contributed by atoms with Crippen LogP contribution in [-0.4, -0.2) is 53.4 Å². The molecule has 220 valence electrons. The van der Waals surface area contributed by atoms with Crippen LogP contribution in [0.1, 0.15) is 52.0 Å². The Morgan fingerprint density at radius 3 is 2.24 bits per heavy atom. The molecule has 9 nitrogen and oxygen atoms in total. The lowest BCUT2D eigenvalue weighted by Crippen LogP contribution is -2.49. The topological polar surface area (TPSA) is 113 Å². The van der Waals surface area contributed by atoms with Crippen molar-refractivity contribution in [2.24, 2.45) is 29.1 Å². The van der Waals surface area contributed by atoms with E-state index in [4.69, 9.17) is 9.47 Å². The minimum atomic E-state index is -1.29. The highest BCUT2D eigenvalue weighted by atomic mass is 16.5. The van der Waals surface area contributed by atoms with Gasteiger partial charge in [0, 0.05) is 29.2 Å². The number of benzene rings is 2. The lowest BCUT2D eigenvalue weighted by molar-refractivity contribution is -0.145. The van der Waals surface area contributed by atoms with Crippen LogP contribution in [0.25, 0.3) is 0 Å². The first-order chi connectivity index (χ1) is 19.9. The number of anilines is 1. The van der Waals surface area contributed by atoms with Gasteiger partial charge in [0.05, 0.1) is 43.1 Å². The molecule has 4 aliphatic rings. The molecule has 2 aromatic rings. The fraction of sp³-hybridized carbons (Fsp3) is 0.455. The minimum Gasteiger partial charge on any atom is -0.507 e. The molecule has 6 rings (SSSR count). The van der Waals surface area contributed by atoms with Crippen LogP contribution in [0.4, 0.5) is 5.69 Å². The Hall–Kier alpha value is -4.14. The van der Waals surface area contributed by atoms with Gasteiger partial charge >= 0.3 is 0 Å². The smallest absolute Gasteiger partial charge is 0.241 e. The van der Waals surface area contributed by atoms with E-state index in [0.29, 0.717) is 29.2 Å². The summed E-state index contributed by atoms with van der Waals surface area (Å²) in [4.78, 5) is 58.9. The number of nitrogens with zero attached hydrogens (tertiary/aromatic N) is 2. The Morgan fingerprint density at radius 2 is 1.62 bits per heavy atom. The van der Waals surface area contributed by atoms with Gasteiger partial charge in [-0.2, -0.15) is 0 Å². The lowest BCUT2D eigenvalue weighted by Gasteiger charge is -2.49. The number of imide groups is 2. The van der Waals surface area contributed by atoms with E-state index in [2.05, 4.69) is 0 Å². The van der Waals surface area contributed by atoms with E-state index >= 15 is 0 Å². The first kappa shape index (κ1) is 28.0. The van der Waals surface area contributed by atoms with Crippen LogP contribution in [0, 0.1) is 29.1 Å². The summed E-state index contributed by atoms with van der Waals surface area (Å²) >= 11 is 0. The van der Waals surface area contributed by atoms with Crippen LogP contribution in [0.3, 0.4) is 0 Å². The lowest BCUT2D eigenvalue weighted by atomic mass is 9.51. The third-order valence-electron chi connectivity index (χ3n) is 9.80. The fourth-order valence-corrected chi connectivity index (χ4v) is 7.97. The molecule has 1 N–H and O–H groups in total. The van der Waals surface area contributed by atoms with E-state index in [9.17, 15) is 24.3 Å². The van der Waals surface area contributed by atoms with Crippen molar-refractivity contribution in [1.82, 2.24) is 4.90 Å². The summed E-state index contributed by atoms with van der Waals surface area (Å²) in [6.07, 6.45) is 2.53. The molecule has 0 spiro atoms. The van der Waals surface area contributed by atoms with Gasteiger partial charge in [-0.1, -0.05) is 29.8 Å². The number of phenolic OH excluding ortho intramolecular Hbond substituents is 1. The number of phenols is 1. The van der Waals surface area contributed by atoms with Crippen molar-refractivity contribution in [3.63, 3.8) is 0 Å². The number of likely N-dealkylation sites (tertiary alicyclic amines) is 1. The van der Waals surface area contributed by atoms with Crippen molar-refractivity contribution in [1.29, 1.82) is 0 Å². The number of hydrogen-bond donors (Lipinski definition) is 1. The van der Waals surface area contributed by atoms with Crippen LogP contribution in [0.5, 0.6) is 17.2 Å². The number of para-hydroxylation sites is 1. The van der Waals surface area contributed by atoms with Crippen LogP contribution in [0.2, 0.25) is 0 Å². The van der Waals surface area contributed by atoms with Gasteiger partial charge in [-0.05, 0) is 58.6 Å². The molecule has 42 heavy (non-hydrogen) atoms. The third kappa shape index (κ3) is 3.68. The highest BCUT2D eigenvalue weighted by Gasteiger charge is 2.68.